The molecule has 2 N–H and O–H groups in total. The van der Waals surface area contributed by atoms with Crippen molar-refractivity contribution in [3.63, 3.8) is 0 Å². The predicted molar refractivity (Wildman–Crippen MR) is 142 cm³/mol. The molecule has 0 bridgehead atoms. The Morgan fingerprint density at radius 3 is 1.88 bits per heavy atom. The molecule has 3 aromatic carbocycles. The fraction of sp³-hybridized carbons (Fsp3) is 0.259. The van der Waals surface area contributed by atoms with Crippen molar-refractivity contribution >= 4 is 34.4 Å². The fourth-order valence-corrected chi connectivity index (χ4v) is 4.61. The number of hydrogen-bond donors (Lipinski definition) is 2. The Morgan fingerprint density at radius 1 is 0.765 bits per heavy atom. The molecule has 0 unspecified atom stereocenters. The largest absolute Gasteiger partial charge is 0.300 e. The summed E-state index contributed by atoms with van der Waals surface area (Å²) in [7, 11) is 0. The lowest BCUT2D eigenvalue weighted by atomic mass is 9.96. The van der Waals surface area contributed by atoms with Crippen LogP contribution in [0.15, 0.2) is 84.9 Å². The summed E-state index contributed by atoms with van der Waals surface area (Å²) in [6, 6.07) is 28.7. The van der Waals surface area contributed by atoms with Gasteiger partial charge in [0.25, 0.3) is 5.91 Å². The minimum absolute atomic E-state index is 0.187. The van der Waals surface area contributed by atoms with Gasteiger partial charge in [-0.25, -0.2) is 0 Å². The highest BCUT2D eigenvalue weighted by atomic mass is 127. The highest BCUT2D eigenvalue weighted by Gasteiger charge is 2.26. The Balaban J connectivity index is 1.25. The summed E-state index contributed by atoms with van der Waals surface area (Å²) >= 11 is 2.19. The molecule has 1 saturated heterocycles. The van der Waals surface area contributed by atoms with Crippen molar-refractivity contribution in [1.82, 2.24) is 20.7 Å². The van der Waals surface area contributed by atoms with Crippen LogP contribution in [0.2, 0.25) is 0 Å². The summed E-state index contributed by atoms with van der Waals surface area (Å²) < 4.78 is 1.05. The van der Waals surface area contributed by atoms with E-state index in [0.717, 1.165) is 29.7 Å². The molecule has 0 radical (unpaired) electrons. The maximum atomic E-state index is 12.3. The summed E-state index contributed by atoms with van der Waals surface area (Å²) in [5.41, 5.74) is 8.13. The van der Waals surface area contributed by atoms with Crippen LogP contribution in [0.25, 0.3) is 0 Å². The number of halogens is 1. The van der Waals surface area contributed by atoms with Crippen LogP contribution in [0.5, 0.6) is 0 Å². The second kappa shape index (κ2) is 12.1. The molecule has 1 fully saturated rings. The molecule has 4 rings (SSSR count). The van der Waals surface area contributed by atoms with E-state index >= 15 is 0 Å². The number of hydrazine groups is 1. The number of amides is 2. The highest BCUT2D eigenvalue weighted by Crippen LogP contribution is 2.29. The number of rotatable bonds is 7. The van der Waals surface area contributed by atoms with Crippen LogP contribution in [0.1, 0.15) is 33.9 Å². The molecule has 2 amide bonds. The number of carbonyl (C=O) groups excluding carboxylic acids is 2. The minimum atomic E-state index is -0.314. The smallest absolute Gasteiger partial charge is 0.269 e. The molecule has 0 aliphatic carbocycles. The molecule has 1 aliphatic heterocycles. The van der Waals surface area contributed by atoms with E-state index in [9.17, 15) is 9.59 Å². The third-order valence-electron chi connectivity index (χ3n) is 6.08. The van der Waals surface area contributed by atoms with Gasteiger partial charge in [0, 0.05) is 48.3 Å². The van der Waals surface area contributed by atoms with E-state index < -0.39 is 0 Å². The molecule has 1 heterocycles. The van der Waals surface area contributed by atoms with Gasteiger partial charge in [0.1, 0.15) is 0 Å². The van der Waals surface area contributed by atoms with Crippen molar-refractivity contribution < 1.29 is 9.59 Å². The molecule has 0 aromatic heterocycles. The molecule has 1 aliphatic rings. The van der Waals surface area contributed by atoms with Crippen molar-refractivity contribution in [2.24, 2.45) is 0 Å². The molecule has 3 aromatic rings. The summed E-state index contributed by atoms with van der Waals surface area (Å²) in [5.74, 6) is -0.501. The van der Waals surface area contributed by atoms with Crippen LogP contribution in [0.3, 0.4) is 0 Å². The molecule has 0 saturated carbocycles. The first-order valence-electron chi connectivity index (χ1n) is 11.5. The Kier molecular flexibility index (Phi) is 8.67. The zero-order valence-corrected chi connectivity index (χ0v) is 21.1. The van der Waals surface area contributed by atoms with Crippen molar-refractivity contribution in [3.05, 3.63) is 105 Å². The van der Waals surface area contributed by atoms with E-state index in [4.69, 9.17) is 0 Å². The lowest BCUT2D eigenvalue weighted by Crippen LogP contribution is -2.49. The first-order valence-corrected chi connectivity index (χ1v) is 12.6. The maximum absolute atomic E-state index is 12.3. The Labute approximate surface area is 214 Å². The molecular formula is C27H29IN4O2. The molecule has 6 nitrogen and oxygen atoms in total. The summed E-state index contributed by atoms with van der Waals surface area (Å²) in [5, 5.41) is 0. The third kappa shape index (κ3) is 6.65. The second-order valence-electron chi connectivity index (χ2n) is 8.36. The van der Waals surface area contributed by atoms with Gasteiger partial charge in [-0.15, -0.1) is 0 Å². The lowest BCUT2D eigenvalue weighted by Gasteiger charge is -2.39. The minimum Gasteiger partial charge on any atom is -0.300 e. The Bertz CT molecular complexity index is 1030. The molecule has 176 valence electrons. The van der Waals surface area contributed by atoms with E-state index in [-0.39, 0.29) is 17.9 Å². The number of carbonyl (C=O) groups is 2. The molecule has 0 spiro atoms. The number of piperazine rings is 1. The first-order chi connectivity index (χ1) is 16.6. The standard InChI is InChI=1S/C27H29IN4O2/c28-24-13-11-23(12-14-24)27(34)30-29-25(33)15-16-31-17-19-32(20-18-31)26(21-7-3-1-4-8-21)22-9-5-2-6-10-22/h1-14,26H,15-20H2,(H,29,33)(H,30,34). The first kappa shape index (κ1) is 24.4. The van der Waals surface area contributed by atoms with Gasteiger partial charge in [0.05, 0.1) is 6.04 Å². The van der Waals surface area contributed by atoms with Crippen LogP contribution in [-0.4, -0.2) is 54.3 Å². The van der Waals surface area contributed by atoms with Crippen molar-refractivity contribution in [2.75, 3.05) is 32.7 Å². The van der Waals surface area contributed by atoms with E-state index in [2.05, 4.69) is 104 Å². The van der Waals surface area contributed by atoms with Gasteiger partial charge in [-0.2, -0.15) is 0 Å². The Morgan fingerprint density at radius 2 is 1.32 bits per heavy atom. The average molecular weight is 568 g/mol. The van der Waals surface area contributed by atoms with Crippen LogP contribution >= 0.6 is 22.6 Å². The van der Waals surface area contributed by atoms with Gasteiger partial charge in [-0.3, -0.25) is 25.3 Å². The van der Waals surface area contributed by atoms with Gasteiger partial charge in [-0.1, -0.05) is 60.7 Å². The van der Waals surface area contributed by atoms with Crippen LogP contribution in [0, 0.1) is 3.57 Å². The van der Waals surface area contributed by atoms with Gasteiger partial charge in [-0.05, 0) is 58.0 Å². The molecule has 34 heavy (non-hydrogen) atoms. The van der Waals surface area contributed by atoms with Crippen LogP contribution in [-0.2, 0) is 4.79 Å². The Hall–Kier alpha value is -2.75. The van der Waals surface area contributed by atoms with E-state index in [0.29, 0.717) is 18.5 Å². The number of benzene rings is 3. The zero-order valence-electron chi connectivity index (χ0n) is 19.0. The monoisotopic (exact) mass is 568 g/mol. The number of hydrogen-bond acceptors (Lipinski definition) is 4. The van der Waals surface area contributed by atoms with Gasteiger partial charge in [0.2, 0.25) is 5.91 Å². The third-order valence-corrected chi connectivity index (χ3v) is 6.80. The maximum Gasteiger partial charge on any atom is 0.269 e. The van der Waals surface area contributed by atoms with E-state index in [1.807, 2.05) is 12.1 Å². The SMILES string of the molecule is O=C(CCN1CCN(C(c2ccccc2)c2ccccc2)CC1)NNC(=O)c1ccc(I)cc1. The normalized spacial score (nSPS) is 14.6. The van der Waals surface area contributed by atoms with Crippen LogP contribution < -0.4 is 10.9 Å². The van der Waals surface area contributed by atoms with Crippen molar-refractivity contribution in [1.29, 1.82) is 0 Å². The summed E-state index contributed by atoms with van der Waals surface area (Å²) in [6.45, 7) is 4.33. The van der Waals surface area contributed by atoms with Crippen molar-refractivity contribution in [2.45, 2.75) is 12.5 Å². The summed E-state index contributed by atoms with van der Waals surface area (Å²) in [4.78, 5) is 29.2. The fourth-order valence-electron chi connectivity index (χ4n) is 4.25. The average Bonchev–Trinajstić information content (AvgIpc) is 2.88. The molecule has 0 atom stereocenters. The van der Waals surface area contributed by atoms with Gasteiger partial charge in [0.15, 0.2) is 0 Å². The predicted octanol–water partition coefficient (Wildman–Crippen LogP) is 3.85. The number of nitrogens with one attached hydrogen (secondary N) is 2. The van der Waals surface area contributed by atoms with Crippen molar-refractivity contribution in [3.8, 4) is 0 Å². The topological polar surface area (TPSA) is 64.7 Å². The second-order valence-corrected chi connectivity index (χ2v) is 9.61. The number of nitrogens with zero attached hydrogens (tertiary/aromatic N) is 2. The van der Waals surface area contributed by atoms with Crippen LogP contribution in [0.4, 0.5) is 0 Å². The molecular weight excluding hydrogens is 539 g/mol. The lowest BCUT2D eigenvalue weighted by molar-refractivity contribution is -0.122. The van der Waals surface area contributed by atoms with Gasteiger partial charge < -0.3 is 4.90 Å². The summed E-state index contributed by atoms with van der Waals surface area (Å²) in [6.07, 6.45) is 0.341. The highest BCUT2D eigenvalue weighted by molar-refractivity contribution is 14.1. The zero-order chi connectivity index (χ0) is 23.8. The van der Waals surface area contributed by atoms with Gasteiger partial charge >= 0.3 is 0 Å². The van der Waals surface area contributed by atoms with E-state index in [1.165, 1.54) is 11.1 Å². The quantitative estimate of drug-likeness (QED) is 0.336. The van der Waals surface area contributed by atoms with E-state index in [1.54, 1.807) is 12.1 Å². The molecule has 7 heteroatoms.